The maximum absolute atomic E-state index is 2.15. The molecule has 0 atom stereocenters. The molecular formula is C11H17Cl3PZr-. The van der Waals surface area contributed by atoms with Gasteiger partial charge < -0.3 is 0 Å². The predicted octanol–water partition coefficient (Wildman–Crippen LogP) is 4.75. The van der Waals surface area contributed by atoms with E-state index in [0.29, 0.717) is 0 Å². The second kappa shape index (κ2) is 16.0. The van der Waals surface area contributed by atoms with Gasteiger partial charge in [-0.15, -0.1) is 75.5 Å². The Labute approximate surface area is 137 Å². The van der Waals surface area contributed by atoms with Crippen LogP contribution in [0, 0.1) is 0 Å². The predicted molar refractivity (Wildman–Crippen MR) is 81.4 cm³/mol. The van der Waals surface area contributed by atoms with Crippen molar-refractivity contribution in [3.8, 4) is 0 Å². The van der Waals surface area contributed by atoms with E-state index in [0.717, 1.165) is 8.58 Å². The van der Waals surface area contributed by atoms with Crippen LogP contribution in [-0.2, 0) is 26.2 Å². The summed E-state index contributed by atoms with van der Waals surface area (Å²) in [6, 6.07) is 14.7. The van der Waals surface area contributed by atoms with E-state index in [9.17, 15) is 0 Å². The van der Waals surface area contributed by atoms with Crippen LogP contribution in [-0.4, -0.2) is 13.3 Å². The summed E-state index contributed by atoms with van der Waals surface area (Å²) in [4.78, 5) is 0. The van der Waals surface area contributed by atoms with Crippen molar-refractivity contribution < 1.29 is 26.2 Å². The van der Waals surface area contributed by atoms with Crippen LogP contribution in [0.5, 0.6) is 0 Å². The molecule has 0 unspecified atom stereocenters. The largest absolute Gasteiger partial charge is 0.168 e. The first-order chi connectivity index (χ1) is 5.88. The van der Waals surface area contributed by atoms with Crippen LogP contribution in [0.2, 0.25) is 0 Å². The van der Waals surface area contributed by atoms with E-state index >= 15 is 0 Å². The average molecular weight is 378 g/mol. The summed E-state index contributed by atoms with van der Waals surface area (Å²) < 4.78 is 0. The van der Waals surface area contributed by atoms with Crippen molar-refractivity contribution >= 4 is 56.6 Å². The Morgan fingerprint density at radius 1 is 0.938 bits per heavy atom. The Balaban J connectivity index is -0.0000000949. The van der Waals surface area contributed by atoms with Gasteiger partial charge in [0.2, 0.25) is 0 Å². The zero-order valence-electron chi connectivity index (χ0n) is 9.27. The van der Waals surface area contributed by atoms with E-state index < -0.39 is 0 Å². The molecule has 0 aromatic heterocycles. The molecule has 16 heavy (non-hydrogen) atoms. The number of benzene rings is 1. The van der Waals surface area contributed by atoms with Gasteiger partial charge in [-0.3, -0.25) is 0 Å². The van der Waals surface area contributed by atoms with E-state index in [-0.39, 0.29) is 63.4 Å². The van der Waals surface area contributed by atoms with Crippen LogP contribution in [0.1, 0.15) is 0 Å². The zero-order valence-corrected chi connectivity index (χ0v) is 15.2. The van der Waals surface area contributed by atoms with Gasteiger partial charge in [-0.25, -0.2) is 0 Å². The molecular weight excluding hydrogens is 361 g/mol. The molecule has 0 spiro atoms. The van der Waals surface area contributed by atoms with Crippen molar-refractivity contribution in [3.05, 3.63) is 42.5 Å². The monoisotopic (exact) mass is 375 g/mol. The molecule has 0 N–H and O–H groups in total. The van der Waals surface area contributed by atoms with Crippen LogP contribution in [0.4, 0.5) is 0 Å². The fourth-order valence-electron chi connectivity index (χ4n) is 1.07. The summed E-state index contributed by atoms with van der Waals surface area (Å²) in [5.41, 5.74) is 0. The number of halogens is 3. The molecule has 2 rings (SSSR count). The SMILES string of the molecule is CPC.Cl.Cl.Cl.[Zr].c1ccc2[cH-]ccc2c1. The van der Waals surface area contributed by atoms with E-state index in [1.165, 1.54) is 10.8 Å². The molecule has 2 aromatic rings. The van der Waals surface area contributed by atoms with Gasteiger partial charge in [-0.1, -0.05) is 6.07 Å². The standard InChI is InChI=1S/C9H7.C2H7P.3ClH.Zr/c1-2-5-9-7-3-6-8(9)4-1;1-3-2;;;;/h1-7H;3H,1-2H3;3*1H;/q-1;;;;;. The van der Waals surface area contributed by atoms with Gasteiger partial charge in [0.15, 0.2) is 0 Å². The topological polar surface area (TPSA) is 0 Å². The molecule has 0 heterocycles. The first kappa shape index (κ1) is 25.8. The van der Waals surface area contributed by atoms with Crippen LogP contribution in [0.15, 0.2) is 42.5 Å². The number of hydrogen-bond donors (Lipinski definition) is 0. The third kappa shape index (κ3) is 9.09. The van der Waals surface area contributed by atoms with Crippen molar-refractivity contribution in [1.29, 1.82) is 0 Å². The van der Waals surface area contributed by atoms with Crippen LogP contribution in [0.25, 0.3) is 10.8 Å². The molecule has 0 aliphatic heterocycles. The Kier molecular flexibility index (Phi) is 25.8. The first-order valence-corrected chi connectivity index (χ1v) is 6.07. The Hall–Kier alpha value is 1.01. The maximum atomic E-state index is 2.15. The molecule has 0 aliphatic carbocycles. The fraction of sp³-hybridized carbons (Fsp3) is 0.182. The molecule has 0 amide bonds. The van der Waals surface area contributed by atoms with Gasteiger partial charge in [0.05, 0.1) is 0 Å². The van der Waals surface area contributed by atoms with Crippen LogP contribution in [0.3, 0.4) is 0 Å². The maximum Gasteiger partial charge on any atom is 0 e. The van der Waals surface area contributed by atoms with Gasteiger partial charge in [0.25, 0.3) is 0 Å². The van der Waals surface area contributed by atoms with Gasteiger partial charge in [0, 0.05) is 26.2 Å². The third-order valence-electron chi connectivity index (χ3n) is 1.55. The second-order valence-corrected chi connectivity index (χ2v) is 3.65. The summed E-state index contributed by atoms with van der Waals surface area (Å²) in [5, 5.41) is 2.66. The number of fused-ring (bicyclic) bond motifs is 1. The van der Waals surface area contributed by atoms with E-state index in [4.69, 9.17) is 0 Å². The minimum Gasteiger partial charge on any atom is -0.168 e. The molecule has 5 heteroatoms. The molecule has 0 radical (unpaired) electrons. The Morgan fingerprint density at radius 2 is 1.44 bits per heavy atom. The third-order valence-corrected chi connectivity index (χ3v) is 1.55. The van der Waals surface area contributed by atoms with Crippen molar-refractivity contribution in [2.75, 3.05) is 13.3 Å². The minimum atomic E-state index is 0. The van der Waals surface area contributed by atoms with Crippen molar-refractivity contribution in [1.82, 2.24) is 0 Å². The van der Waals surface area contributed by atoms with Gasteiger partial charge in [-0.05, 0) is 13.3 Å². The zero-order chi connectivity index (χ0) is 8.81. The summed E-state index contributed by atoms with van der Waals surface area (Å²) in [6.07, 6.45) is 0. The second-order valence-electron chi connectivity index (χ2n) is 2.65. The van der Waals surface area contributed by atoms with Crippen LogP contribution < -0.4 is 0 Å². The van der Waals surface area contributed by atoms with Gasteiger partial charge in [-0.2, -0.15) is 17.5 Å². The van der Waals surface area contributed by atoms with Gasteiger partial charge >= 0.3 is 0 Å². The summed E-state index contributed by atoms with van der Waals surface area (Å²) in [7, 11) is 1.08. The fourth-order valence-corrected chi connectivity index (χ4v) is 1.07. The molecule has 0 nitrogen and oxygen atoms in total. The summed E-state index contributed by atoms with van der Waals surface area (Å²) in [5.74, 6) is 0. The minimum absolute atomic E-state index is 0. The molecule has 0 fully saturated rings. The van der Waals surface area contributed by atoms with Crippen molar-refractivity contribution in [2.24, 2.45) is 0 Å². The van der Waals surface area contributed by atoms with Crippen molar-refractivity contribution in [2.45, 2.75) is 0 Å². The first-order valence-electron chi connectivity index (χ1n) is 4.07. The van der Waals surface area contributed by atoms with E-state index in [1.54, 1.807) is 0 Å². The van der Waals surface area contributed by atoms with Crippen molar-refractivity contribution in [3.63, 3.8) is 0 Å². The normalized spacial score (nSPS) is 6.88. The molecule has 0 bridgehead atoms. The van der Waals surface area contributed by atoms with Gasteiger partial charge in [0.1, 0.15) is 0 Å². The Morgan fingerprint density at radius 3 is 1.94 bits per heavy atom. The summed E-state index contributed by atoms with van der Waals surface area (Å²) >= 11 is 0. The molecule has 0 aliphatic rings. The molecule has 0 saturated carbocycles. The average Bonchev–Trinajstić information content (AvgIpc) is 2.52. The Bertz CT molecular complexity index is 308. The number of rotatable bonds is 0. The van der Waals surface area contributed by atoms with Crippen LogP contribution >= 0.6 is 45.8 Å². The molecule has 2 aromatic carbocycles. The number of hydrogen-bond acceptors (Lipinski definition) is 0. The van der Waals surface area contributed by atoms with E-state index in [1.807, 2.05) is 0 Å². The molecule has 92 valence electrons. The smallest absolute Gasteiger partial charge is 0 e. The summed E-state index contributed by atoms with van der Waals surface area (Å²) in [6.45, 7) is 4.31. The quantitative estimate of drug-likeness (QED) is 0.459. The van der Waals surface area contributed by atoms with E-state index in [2.05, 4.69) is 55.8 Å². The molecule has 0 saturated heterocycles.